The van der Waals surface area contributed by atoms with Gasteiger partial charge in [-0.25, -0.2) is 0 Å². The van der Waals surface area contributed by atoms with Gasteiger partial charge >= 0.3 is 0 Å². The minimum absolute atomic E-state index is 0.0823. The van der Waals surface area contributed by atoms with Gasteiger partial charge in [-0.15, -0.1) is 0 Å². The maximum Gasteiger partial charge on any atom is 0.0481 e. The minimum Gasteiger partial charge on any atom is -0.396 e. The second-order valence-corrected chi connectivity index (χ2v) is 3.83. The van der Waals surface area contributed by atoms with Gasteiger partial charge in [0, 0.05) is 36.8 Å². The summed E-state index contributed by atoms with van der Waals surface area (Å²) >= 11 is 0. The predicted octanol–water partition coefficient (Wildman–Crippen LogP) is 1.56. The molecular formula is C12H16N2O. The zero-order valence-electron chi connectivity index (χ0n) is 8.85. The number of benzene rings is 1. The molecule has 3 nitrogen and oxygen atoms in total. The van der Waals surface area contributed by atoms with Crippen LogP contribution in [0.1, 0.15) is 18.0 Å². The average molecular weight is 204 g/mol. The Hall–Kier alpha value is -1.32. The molecule has 1 aromatic carbocycles. The van der Waals surface area contributed by atoms with E-state index < -0.39 is 0 Å². The zero-order chi connectivity index (χ0) is 10.8. The van der Waals surface area contributed by atoms with Crippen molar-refractivity contribution in [3.8, 4) is 0 Å². The molecule has 0 aliphatic carbocycles. The lowest BCUT2D eigenvalue weighted by atomic mass is 10.0. The Labute approximate surface area is 89.1 Å². The number of hydrogen-bond acceptors (Lipinski definition) is 2. The summed E-state index contributed by atoms with van der Waals surface area (Å²) in [5, 5.41) is 10.1. The van der Waals surface area contributed by atoms with Crippen molar-refractivity contribution in [2.45, 2.75) is 12.5 Å². The van der Waals surface area contributed by atoms with Crippen LogP contribution < -0.4 is 5.73 Å². The number of rotatable bonds is 3. The number of hydrogen-bond donors (Lipinski definition) is 2. The summed E-state index contributed by atoms with van der Waals surface area (Å²) in [7, 11) is 2.01. The van der Waals surface area contributed by atoms with E-state index in [1.54, 1.807) is 0 Å². The van der Waals surface area contributed by atoms with Crippen LogP contribution >= 0.6 is 0 Å². The van der Waals surface area contributed by atoms with Crippen LogP contribution in [-0.4, -0.2) is 16.3 Å². The molecule has 0 saturated heterocycles. The molecule has 0 fully saturated rings. The minimum atomic E-state index is -0.0823. The van der Waals surface area contributed by atoms with E-state index in [2.05, 4.69) is 16.7 Å². The first-order valence-electron chi connectivity index (χ1n) is 5.14. The quantitative estimate of drug-likeness (QED) is 0.797. The Kier molecular flexibility index (Phi) is 2.75. The van der Waals surface area contributed by atoms with Crippen molar-refractivity contribution < 1.29 is 5.11 Å². The van der Waals surface area contributed by atoms with E-state index in [9.17, 15) is 0 Å². The van der Waals surface area contributed by atoms with Crippen molar-refractivity contribution in [1.82, 2.24) is 4.57 Å². The lowest BCUT2D eigenvalue weighted by molar-refractivity contribution is 0.277. The molecule has 3 heteroatoms. The third-order valence-corrected chi connectivity index (χ3v) is 2.77. The van der Waals surface area contributed by atoms with E-state index in [4.69, 9.17) is 10.8 Å². The number of aromatic nitrogens is 1. The first-order chi connectivity index (χ1) is 7.24. The van der Waals surface area contributed by atoms with Gasteiger partial charge < -0.3 is 15.4 Å². The first-order valence-corrected chi connectivity index (χ1v) is 5.14. The number of fused-ring (bicyclic) bond motifs is 1. The molecule has 0 amide bonds. The molecule has 1 aromatic heterocycles. The lowest BCUT2D eigenvalue weighted by Gasteiger charge is -2.07. The second kappa shape index (κ2) is 4.04. The maximum absolute atomic E-state index is 8.89. The van der Waals surface area contributed by atoms with Crippen LogP contribution in [-0.2, 0) is 7.05 Å². The summed E-state index contributed by atoms with van der Waals surface area (Å²) in [5.74, 6) is 0. The monoisotopic (exact) mass is 204 g/mol. The molecule has 2 rings (SSSR count). The molecule has 0 radical (unpaired) electrons. The van der Waals surface area contributed by atoms with Gasteiger partial charge in [-0.05, 0) is 18.1 Å². The third kappa shape index (κ3) is 1.76. The van der Waals surface area contributed by atoms with Crippen molar-refractivity contribution in [2.24, 2.45) is 12.8 Å². The summed E-state index contributed by atoms with van der Waals surface area (Å²) in [5.41, 5.74) is 8.31. The highest BCUT2D eigenvalue weighted by Gasteiger charge is 2.12. The van der Waals surface area contributed by atoms with E-state index >= 15 is 0 Å². The van der Waals surface area contributed by atoms with E-state index in [0.29, 0.717) is 6.42 Å². The van der Waals surface area contributed by atoms with Crippen molar-refractivity contribution in [3.05, 3.63) is 36.0 Å². The topological polar surface area (TPSA) is 51.2 Å². The Morgan fingerprint density at radius 1 is 1.40 bits per heavy atom. The van der Waals surface area contributed by atoms with Crippen LogP contribution in [0.2, 0.25) is 0 Å². The van der Waals surface area contributed by atoms with E-state index in [-0.39, 0.29) is 12.6 Å². The Morgan fingerprint density at radius 2 is 2.13 bits per heavy atom. The van der Waals surface area contributed by atoms with Crippen molar-refractivity contribution >= 4 is 10.9 Å². The second-order valence-electron chi connectivity index (χ2n) is 3.83. The van der Waals surface area contributed by atoms with E-state index in [1.807, 2.05) is 25.4 Å². The first kappa shape index (κ1) is 10.2. The molecule has 0 unspecified atom stereocenters. The molecule has 1 heterocycles. The average Bonchev–Trinajstić information content (AvgIpc) is 2.58. The molecule has 3 N–H and O–H groups in total. The molecular weight excluding hydrogens is 188 g/mol. The van der Waals surface area contributed by atoms with Crippen LogP contribution in [0.15, 0.2) is 30.5 Å². The highest BCUT2D eigenvalue weighted by molar-refractivity contribution is 5.84. The third-order valence-electron chi connectivity index (χ3n) is 2.77. The number of aryl methyl sites for hydroxylation is 1. The highest BCUT2D eigenvalue weighted by Crippen LogP contribution is 2.25. The molecule has 0 spiro atoms. The standard InChI is InChI=1S/C12H16N2O/c1-14-8-10(11(13)6-7-15)9-4-2-3-5-12(9)14/h2-5,8,11,15H,6-7,13H2,1H3/t11-/m1/s1. The summed E-state index contributed by atoms with van der Waals surface area (Å²) in [6, 6.07) is 8.09. The summed E-state index contributed by atoms with van der Waals surface area (Å²) in [4.78, 5) is 0. The van der Waals surface area contributed by atoms with Crippen LogP contribution in [0.4, 0.5) is 0 Å². The van der Waals surface area contributed by atoms with Gasteiger partial charge in [-0.3, -0.25) is 0 Å². The van der Waals surface area contributed by atoms with Gasteiger partial charge in [0.05, 0.1) is 0 Å². The Morgan fingerprint density at radius 3 is 2.87 bits per heavy atom. The SMILES string of the molecule is Cn1cc([C@H](N)CCO)c2ccccc21. The zero-order valence-corrected chi connectivity index (χ0v) is 8.85. The fourth-order valence-electron chi connectivity index (χ4n) is 1.96. The summed E-state index contributed by atoms with van der Waals surface area (Å²) < 4.78 is 2.07. The molecule has 2 aromatic rings. The molecule has 0 bridgehead atoms. The van der Waals surface area contributed by atoms with Crippen molar-refractivity contribution in [3.63, 3.8) is 0 Å². The fourth-order valence-corrected chi connectivity index (χ4v) is 1.96. The predicted molar refractivity (Wildman–Crippen MR) is 61.6 cm³/mol. The largest absolute Gasteiger partial charge is 0.396 e. The van der Waals surface area contributed by atoms with Crippen molar-refractivity contribution in [1.29, 1.82) is 0 Å². The molecule has 15 heavy (non-hydrogen) atoms. The number of aliphatic hydroxyl groups excluding tert-OH is 1. The molecule has 80 valence electrons. The van der Waals surface area contributed by atoms with Crippen LogP contribution in [0.3, 0.4) is 0 Å². The van der Waals surface area contributed by atoms with Gasteiger partial charge in [0.25, 0.3) is 0 Å². The Balaban J connectivity index is 2.52. The molecule has 0 aliphatic rings. The number of para-hydroxylation sites is 1. The van der Waals surface area contributed by atoms with Gasteiger partial charge in [0.1, 0.15) is 0 Å². The smallest absolute Gasteiger partial charge is 0.0481 e. The van der Waals surface area contributed by atoms with E-state index in [1.165, 1.54) is 10.9 Å². The molecule has 0 aliphatic heterocycles. The maximum atomic E-state index is 8.89. The summed E-state index contributed by atoms with van der Waals surface area (Å²) in [6.07, 6.45) is 2.65. The van der Waals surface area contributed by atoms with Crippen molar-refractivity contribution in [2.75, 3.05) is 6.61 Å². The molecule has 0 saturated carbocycles. The Bertz CT molecular complexity index is 462. The fraction of sp³-hybridized carbons (Fsp3) is 0.333. The lowest BCUT2D eigenvalue weighted by Crippen LogP contribution is -2.11. The van der Waals surface area contributed by atoms with Gasteiger partial charge in [0.15, 0.2) is 0 Å². The normalized spacial score (nSPS) is 13.3. The van der Waals surface area contributed by atoms with Crippen LogP contribution in [0.5, 0.6) is 0 Å². The van der Waals surface area contributed by atoms with Crippen LogP contribution in [0.25, 0.3) is 10.9 Å². The van der Waals surface area contributed by atoms with E-state index in [0.717, 1.165) is 5.56 Å². The van der Waals surface area contributed by atoms with Crippen LogP contribution in [0, 0.1) is 0 Å². The number of aliphatic hydroxyl groups is 1. The number of nitrogens with zero attached hydrogens (tertiary/aromatic N) is 1. The molecule has 1 atom stereocenters. The van der Waals surface area contributed by atoms with Gasteiger partial charge in [-0.2, -0.15) is 0 Å². The summed E-state index contributed by atoms with van der Waals surface area (Å²) in [6.45, 7) is 0.129. The number of nitrogens with two attached hydrogens (primary N) is 1. The highest BCUT2D eigenvalue weighted by atomic mass is 16.3. The van der Waals surface area contributed by atoms with Gasteiger partial charge in [0.2, 0.25) is 0 Å². The van der Waals surface area contributed by atoms with Gasteiger partial charge in [-0.1, -0.05) is 18.2 Å².